The van der Waals surface area contributed by atoms with Crippen LogP contribution in [-0.4, -0.2) is 11.2 Å². The molecule has 1 nitrogen and oxygen atoms in total. The summed E-state index contributed by atoms with van der Waals surface area (Å²) in [6.45, 7) is 7.71. The van der Waals surface area contributed by atoms with Crippen molar-refractivity contribution < 1.29 is 5.11 Å². The molecule has 0 aromatic rings. The summed E-state index contributed by atoms with van der Waals surface area (Å²) in [5, 5.41) is 10.2. The van der Waals surface area contributed by atoms with Crippen molar-refractivity contribution in [3.63, 3.8) is 0 Å². The average Bonchev–Trinajstić information content (AvgIpc) is 2.82. The summed E-state index contributed by atoms with van der Waals surface area (Å²) in [5.74, 6) is 2.96. The molecule has 21 heavy (non-hydrogen) atoms. The number of aliphatic hydroxyl groups excluding tert-OH is 1. The van der Waals surface area contributed by atoms with Gasteiger partial charge in [0.15, 0.2) is 0 Å². The Bertz CT molecular complexity index is 432. The van der Waals surface area contributed by atoms with Crippen molar-refractivity contribution in [1.82, 2.24) is 0 Å². The van der Waals surface area contributed by atoms with E-state index in [1.807, 2.05) is 0 Å². The normalized spacial score (nSPS) is 60.0. The number of hydrogen-bond donors (Lipinski definition) is 1. The summed E-state index contributed by atoms with van der Waals surface area (Å²) in [6.07, 6.45) is 13.6. The largest absolute Gasteiger partial charge is 0.393 e. The van der Waals surface area contributed by atoms with Gasteiger partial charge in [0.05, 0.1) is 6.10 Å². The summed E-state index contributed by atoms with van der Waals surface area (Å²) < 4.78 is 0. The number of hydrogen-bond acceptors (Lipinski definition) is 1. The fourth-order valence-electron chi connectivity index (χ4n) is 7.60. The van der Waals surface area contributed by atoms with Crippen LogP contribution in [0.4, 0.5) is 0 Å². The third-order valence-electron chi connectivity index (χ3n) is 9.13. The highest BCUT2D eigenvalue weighted by Gasteiger charge is 2.61. The topological polar surface area (TPSA) is 20.2 Å². The van der Waals surface area contributed by atoms with E-state index in [1.165, 1.54) is 51.4 Å². The van der Waals surface area contributed by atoms with Crippen molar-refractivity contribution in [2.24, 2.45) is 34.0 Å². The molecule has 7 atom stereocenters. The molecule has 4 fully saturated rings. The van der Waals surface area contributed by atoms with Crippen molar-refractivity contribution in [1.29, 1.82) is 0 Å². The van der Waals surface area contributed by atoms with Crippen LogP contribution in [0, 0.1) is 34.0 Å². The summed E-state index contributed by atoms with van der Waals surface area (Å²) in [6, 6.07) is 0. The minimum atomic E-state index is -0.0278. The third-order valence-corrected chi connectivity index (χ3v) is 9.13. The minimum Gasteiger partial charge on any atom is -0.393 e. The van der Waals surface area contributed by atoms with Gasteiger partial charge in [-0.25, -0.2) is 0 Å². The molecule has 120 valence electrons. The second-order valence-electron chi connectivity index (χ2n) is 9.88. The molecule has 0 radical (unpaired) electrons. The van der Waals surface area contributed by atoms with Gasteiger partial charge in [-0.2, -0.15) is 0 Å². The molecule has 4 saturated carbocycles. The molecule has 4 rings (SSSR count). The fourth-order valence-corrected chi connectivity index (χ4v) is 7.60. The highest BCUT2D eigenvalue weighted by molar-refractivity contribution is 5.11. The van der Waals surface area contributed by atoms with E-state index in [1.54, 1.807) is 0 Å². The molecule has 4 aliphatic rings. The molecule has 0 amide bonds. The van der Waals surface area contributed by atoms with Crippen molar-refractivity contribution in [3.05, 3.63) is 0 Å². The van der Waals surface area contributed by atoms with Gasteiger partial charge in [0.1, 0.15) is 0 Å². The van der Waals surface area contributed by atoms with Gasteiger partial charge in [0.2, 0.25) is 0 Å². The Morgan fingerprint density at radius 2 is 1.62 bits per heavy atom. The lowest BCUT2D eigenvalue weighted by Crippen LogP contribution is -2.57. The Morgan fingerprint density at radius 3 is 2.43 bits per heavy atom. The quantitative estimate of drug-likeness (QED) is 0.652. The first-order valence-electron chi connectivity index (χ1n) is 9.56. The zero-order chi connectivity index (χ0) is 14.9. The zero-order valence-corrected chi connectivity index (χ0v) is 14.3. The molecule has 0 heterocycles. The molecule has 0 saturated heterocycles. The molecule has 0 aromatic heterocycles. The summed E-state index contributed by atoms with van der Waals surface area (Å²) in [7, 11) is 0. The monoisotopic (exact) mass is 290 g/mol. The lowest BCUT2D eigenvalue weighted by atomic mass is 9.40. The van der Waals surface area contributed by atoms with Crippen molar-refractivity contribution >= 4 is 0 Å². The number of rotatable bonds is 0. The molecule has 0 spiro atoms. The number of aliphatic hydroxyl groups is 1. The Morgan fingerprint density at radius 1 is 0.810 bits per heavy atom. The maximum atomic E-state index is 10.2. The van der Waals surface area contributed by atoms with Gasteiger partial charge in [-0.1, -0.05) is 27.2 Å². The van der Waals surface area contributed by atoms with Gasteiger partial charge in [0.25, 0.3) is 0 Å². The van der Waals surface area contributed by atoms with E-state index in [9.17, 15) is 5.11 Å². The predicted octanol–water partition coefficient (Wildman–Crippen LogP) is 5.17. The first kappa shape index (κ1) is 14.5. The van der Waals surface area contributed by atoms with E-state index in [4.69, 9.17) is 0 Å². The molecular weight excluding hydrogens is 256 g/mol. The highest BCUT2D eigenvalue weighted by atomic mass is 16.3. The maximum Gasteiger partial charge on any atom is 0.0545 e. The zero-order valence-electron chi connectivity index (χ0n) is 14.3. The smallest absolute Gasteiger partial charge is 0.0545 e. The Labute approximate surface area is 130 Å². The van der Waals surface area contributed by atoms with Crippen LogP contribution in [0.25, 0.3) is 0 Å². The highest BCUT2D eigenvalue weighted by Crippen LogP contribution is 2.69. The molecule has 0 bridgehead atoms. The lowest BCUT2D eigenvalue weighted by molar-refractivity contribution is -0.166. The first-order chi connectivity index (χ1) is 9.88. The van der Waals surface area contributed by atoms with E-state index in [0.717, 1.165) is 30.6 Å². The summed E-state index contributed by atoms with van der Waals surface area (Å²) in [4.78, 5) is 0. The minimum absolute atomic E-state index is 0.0278. The third kappa shape index (κ3) is 1.85. The second kappa shape index (κ2) is 4.49. The molecule has 0 aliphatic heterocycles. The summed E-state index contributed by atoms with van der Waals surface area (Å²) in [5.41, 5.74) is 1.58. The van der Waals surface area contributed by atoms with Gasteiger partial charge in [-0.3, -0.25) is 0 Å². The van der Waals surface area contributed by atoms with E-state index < -0.39 is 0 Å². The van der Waals surface area contributed by atoms with Crippen LogP contribution in [-0.2, 0) is 0 Å². The molecule has 0 unspecified atom stereocenters. The van der Waals surface area contributed by atoms with Gasteiger partial charge in [0, 0.05) is 0 Å². The van der Waals surface area contributed by atoms with Crippen LogP contribution >= 0.6 is 0 Å². The van der Waals surface area contributed by atoms with E-state index >= 15 is 0 Å². The van der Waals surface area contributed by atoms with Crippen molar-refractivity contribution in [2.75, 3.05) is 0 Å². The SMILES string of the molecule is C[C@]12CCC[C@@H]1[C@@H]1CC[C@@]3(C)C[C@H](O)CC[C@]3(C)[C@@H]1CC2. The van der Waals surface area contributed by atoms with Crippen LogP contribution in [0.1, 0.15) is 85.0 Å². The molecule has 0 aromatic carbocycles. The number of fused-ring (bicyclic) bond motifs is 5. The van der Waals surface area contributed by atoms with E-state index in [-0.39, 0.29) is 6.10 Å². The second-order valence-corrected chi connectivity index (χ2v) is 9.88. The molecule has 1 heteroatoms. The predicted molar refractivity (Wildman–Crippen MR) is 87.0 cm³/mol. The standard InChI is InChI=1S/C20H34O/c1-18-9-4-5-16(18)15-7-11-19(2)13-14(21)6-12-20(19,3)17(15)8-10-18/h14-17,21H,4-13H2,1-3H3/t14-,15+,16-,17-,18-,19+,20-/m1/s1. The van der Waals surface area contributed by atoms with Crippen LogP contribution in [0.5, 0.6) is 0 Å². The van der Waals surface area contributed by atoms with Gasteiger partial charge >= 0.3 is 0 Å². The molecule has 1 N–H and O–H groups in total. The first-order valence-corrected chi connectivity index (χ1v) is 9.56. The van der Waals surface area contributed by atoms with Gasteiger partial charge in [-0.05, 0) is 91.8 Å². The van der Waals surface area contributed by atoms with E-state index in [0.29, 0.717) is 16.2 Å². The Kier molecular flexibility index (Phi) is 3.11. The maximum absolute atomic E-state index is 10.2. The summed E-state index contributed by atoms with van der Waals surface area (Å²) >= 11 is 0. The Balaban J connectivity index is 1.67. The molecular formula is C20H34O. The van der Waals surface area contributed by atoms with Crippen molar-refractivity contribution in [3.8, 4) is 0 Å². The van der Waals surface area contributed by atoms with Crippen LogP contribution < -0.4 is 0 Å². The van der Waals surface area contributed by atoms with Crippen LogP contribution in [0.2, 0.25) is 0 Å². The molecule has 4 aliphatic carbocycles. The van der Waals surface area contributed by atoms with Crippen LogP contribution in [0.15, 0.2) is 0 Å². The van der Waals surface area contributed by atoms with Crippen molar-refractivity contribution in [2.45, 2.75) is 91.1 Å². The average molecular weight is 290 g/mol. The Hall–Kier alpha value is -0.0400. The van der Waals surface area contributed by atoms with Gasteiger partial charge in [-0.15, -0.1) is 0 Å². The van der Waals surface area contributed by atoms with E-state index in [2.05, 4.69) is 20.8 Å². The lowest BCUT2D eigenvalue weighted by Gasteiger charge is -2.64. The fraction of sp³-hybridized carbons (Fsp3) is 1.00. The van der Waals surface area contributed by atoms with Gasteiger partial charge < -0.3 is 5.11 Å². The van der Waals surface area contributed by atoms with Crippen LogP contribution in [0.3, 0.4) is 0 Å².